The van der Waals surface area contributed by atoms with E-state index in [2.05, 4.69) is 10.4 Å². The van der Waals surface area contributed by atoms with Gasteiger partial charge in [0.2, 0.25) is 11.7 Å². The lowest BCUT2D eigenvalue weighted by Gasteiger charge is -2.21. The van der Waals surface area contributed by atoms with Crippen molar-refractivity contribution in [3.05, 3.63) is 15.8 Å². The van der Waals surface area contributed by atoms with Gasteiger partial charge in [-0.25, -0.2) is 4.68 Å². The number of aryl methyl sites for hydroxylation is 2. The molecule has 8 nitrogen and oxygen atoms in total. The number of hydrogen-bond acceptors (Lipinski definition) is 5. The predicted molar refractivity (Wildman–Crippen MR) is 73.5 cm³/mol. The standard InChI is InChI=1S/C12H19N5O3/c1-8-10(17(19)20)11(15(3)14-8)13-9(2)12(18)16-6-4-5-7-16/h9,13H,4-7H2,1-3H3. The van der Waals surface area contributed by atoms with Gasteiger partial charge in [0.1, 0.15) is 11.7 Å². The summed E-state index contributed by atoms with van der Waals surface area (Å²) in [6.45, 7) is 4.82. The van der Waals surface area contributed by atoms with E-state index in [9.17, 15) is 14.9 Å². The molecular weight excluding hydrogens is 262 g/mol. The Bertz CT molecular complexity index is 533. The molecule has 1 N–H and O–H groups in total. The second-order valence-corrected chi connectivity index (χ2v) is 5.06. The van der Waals surface area contributed by atoms with Crippen LogP contribution in [-0.2, 0) is 11.8 Å². The molecule has 0 bridgehead atoms. The minimum Gasteiger partial charge on any atom is -0.353 e. The smallest absolute Gasteiger partial charge is 0.333 e. The predicted octanol–water partition coefficient (Wildman–Crippen LogP) is 1.06. The number of carbonyl (C=O) groups is 1. The molecular formula is C12H19N5O3. The molecule has 1 amide bonds. The number of rotatable bonds is 4. The minimum absolute atomic E-state index is 0.0318. The van der Waals surface area contributed by atoms with Gasteiger partial charge in [0.15, 0.2) is 0 Å². The van der Waals surface area contributed by atoms with Gasteiger partial charge in [-0.05, 0) is 26.7 Å². The Kier molecular flexibility index (Phi) is 3.91. The summed E-state index contributed by atoms with van der Waals surface area (Å²) < 4.78 is 1.40. The van der Waals surface area contributed by atoms with Gasteiger partial charge in [-0.15, -0.1) is 0 Å². The quantitative estimate of drug-likeness (QED) is 0.658. The number of amides is 1. The largest absolute Gasteiger partial charge is 0.353 e. The Hall–Kier alpha value is -2.12. The average molecular weight is 281 g/mol. The number of hydrogen-bond donors (Lipinski definition) is 1. The number of nitrogens with one attached hydrogen (secondary N) is 1. The third kappa shape index (κ3) is 2.59. The van der Waals surface area contributed by atoms with Gasteiger partial charge < -0.3 is 10.2 Å². The van der Waals surface area contributed by atoms with Crippen molar-refractivity contribution in [2.45, 2.75) is 32.7 Å². The van der Waals surface area contributed by atoms with Crippen LogP contribution in [0.1, 0.15) is 25.5 Å². The Morgan fingerprint density at radius 2 is 2.05 bits per heavy atom. The molecule has 0 aliphatic carbocycles. The highest BCUT2D eigenvalue weighted by Crippen LogP contribution is 2.28. The van der Waals surface area contributed by atoms with E-state index < -0.39 is 11.0 Å². The van der Waals surface area contributed by atoms with Crippen LogP contribution in [0.3, 0.4) is 0 Å². The number of anilines is 1. The Morgan fingerprint density at radius 1 is 1.45 bits per heavy atom. The molecule has 1 unspecified atom stereocenters. The van der Waals surface area contributed by atoms with E-state index in [-0.39, 0.29) is 17.4 Å². The minimum atomic E-state index is -0.512. The highest BCUT2D eigenvalue weighted by Gasteiger charge is 2.29. The maximum Gasteiger partial charge on any atom is 0.333 e. The lowest BCUT2D eigenvalue weighted by atomic mass is 10.2. The van der Waals surface area contributed by atoms with Crippen molar-refractivity contribution in [1.29, 1.82) is 0 Å². The Morgan fingerprint density at radius 3 is 2.60 bits per heavy atom. The summed E-state index contributed by atoms with van der Waals surface area (Å²) in [4.78, 5) is 24.6. The van der Waals surface area contributed by atoms with E-state index in [0.717, 1.165) is 25.9 Å². The van der Waals surface area contributed by atoms with Crippen LogP contribution in [0.2, 0.25) is 0 Å². The van der Waals surface area contributed by atoms with Crippen LogP contribution in [0.4, 0.5) is 11.5 Å². The topological polar surface area (TPSA) is 93.3 Å². The molecule has 0 radical (unpaired) electrons. The molecule has 0 aromatic carbocycles. The number of nitro groups is 1. The van der Waals surface area contributed by atoms with Crippen LogP contribution in [0.5, 0.6) is 0 Å². The van der Waals surface area contributed by atoms with Crippen molar-refractivity contribution >= 4 is 17.4 Å². The van der Waals surface area contributed by atoms with E-state index in [1.54, 1.807) is 25.8 Å². The lowest BCUT2D eigenvalue weighted by Crippen LogP contribution is -2.40. The number of likely N-dealkylation sites (tertiary alicyclic amines) is 1. The van der Waals surface area contributed by atoms with Crippen molar-refractivity contribution in [3.8, 4) is 0 Å². The fourth-order valence-corrected chi connectivity index (χ4v) is 2.51. The van der Waals surface area contributed by atoms with Crippen molar-refractivity contribution in [2.24, 2.45) is 7.05 Å². The maximum absolute atomic E-state index is 12.2. The molecule has 2 heterocycles. The summed E-state index contributed by atoms with van der Waals surface area (Å²) in [5, 5.41) is 18.0. The molecule has 1 aliphatic heterocycles. The SMILES string of the molecule is Cc1nn(C)c(NC(C)C(=O)N2CCCC2)c1[N+](=O)[O-]. The van der Waals surface area contributed by atoms with Gasteiger partial charge in [-0.2, -0.15) is 5.10 Å². The monoisotopic (exact) mass is 281 g/mol. The summed E-state index contributed by atoms with van der Waals surface area (Å²) in [5.74, 6) is 0.239. The van der Waals surface area contributed by atoms with Gasteiger partial charge >= 0.3 is 5.69 Å². The summed E-state index contributed by atoms with van der Waals surface area (Å²) in [6, 6.07) is -0.512. The van der Waals surface area contributed by atoms with Gasteiger partial charge in [0.05, 0.1) is 4.92 Å². The van der Waals surface area contributed by atoms with Crippen LogP contribution in [0.15, 0.2) is 0 Å². The molecule has 0 spiro atoms. The molecule has 2 rings (SSSR count). The molecule has 0 saturated carbocycles. The van der Waals surface area contributed by atoms with E-state index >= 15 is 0 Å². The molecule has 1 aromatic rings. The van der Waals surface area contributed by atoms with Crippen molar-refractivity contribution in [1.82, 2.24) is 14.7 Å². The maximum atomic E-state index is 12.2. The zero-order valence-electron chi connectivity index (χ0n) is 11.9. The first-order chi connectivity index (χ1) is 9.41. The summed E-state index contributed by atoms with van der Waals surface area (Å²) in [7, 11) is 1.62. The zero-order chi connectivity index (χ0) is 14.9. The normalized spacial score (nSPS) is 16.2. The summed E-state index contributed by atoms with van der Waals surface area (Å²) in [5.41, 5.74) is 0.259. The molecule has 1 atom stereocenters. The van der Waals surface area contributed by atoms with Crippen LogP contribution in [0, 0.1) is 17.0 Å². The molecule has 1 aliphatic rings. The molecule has 20 heavy (non-hydrogen) atoms. The van der Waals surface area contributed by atoms with Crippen LogP contribution < -0.4 is 5.32 Å². The number of nitrogens with zero attached hydrogens (tertiary/aromatic N) is 4. The van der Waals surface area contributed by atoms with Gasteiger partial charge in [0, 0.05) is 20.1 Å². The molecule has 1 aromatic heterocycles. The molecule has 1 saturated heterocycles. The van der Waals surface area contributed by atoms with Crippen molar-refractivity contribution in [2.75, 3.05) is 18.4 Å². The lowest BCUT2D eigenvalue weighted by molar-refractivity contribution is -0.384. The first-order valence-corrected chi connectivity index (χ1v) is 6.65. The van der Waals surface area contributed by atoms with Gasteiger partial charge in [-0.3, -0.25) is 14.9 Å². The third-order valence-corrected chi connectivity index (χ3v) is 3.51. The third-order valence-electron chi connectivity index (χ3n) is 3.51. The van der Waals surface area contributed by atoms with E-state index in [1.165, 1.54) is 4.68 Å². The zero-order valence-corrected chi connectivity index (χ0v) is 11.9. The highest BCUT2D eigenvalue weighted by molar-refractivity contribution is 5.85. The summed E-state index contributed by atoms with van der Waals surface area (Å²) in [6.07, 6.45) is 2.03. The first-order valence-electron chi connectivity index (χ1n) is 6.65. The Balaban J connectivity index is 2.17. The van der Waals surface area contributed by atoms with Gasteiger partial charge in [0.25, 0.3) is 0 Å². The highest BCUT2D eigenvalue weighted by atomic mass is 16.6. The number of aromatic nitrogens is 2. The van der Waals surface area contributed by atoms with Crippen LogP contribution in [0.25, 0.3) is 0 Å². The Labute approximate surface area is 116 Å². The second kappa shape index (κ2) is 5.48. The van der Waals surface area contributed by atoms with Crippen molar-refractivity contribution < 1.29 is 9.72 Å². The average Bonchev–Trinajstić information content (AvgIpc) is 2.97. The first kappa shape index (κ1) is 14.3. The second-order valence-electron chi connectivity index (χ2n) is 5.06. The fourth-order valence-electron chi connectivity index (χ4n) is 2.51. The number of carbonyl (C=O) groups excluding carboxylic acids is 1. The molecule has 1 fully saturated rings. The fraction of sp³-hybridized carbons (Fsp3) is 0.667. The van der Waals surface area contributed by atoms with Crippen LogP contribution in [-0.4, -0.2) is 44.6 Å². The van der Waals surface area contributed by atoms with Crippen LogP contribution >= 0.6 is 0 Å². The molecule has 110 valence electrons. The van der Waals surface area contributed by atoms with E-state index in [1.807, 2.05) is 0 Å². The van der Waals surface area contributed by atoms with Crippen molar-refractivity contribution in [3.63, 3.8) is 0 Å². The van der Waals surface area contributed by atoms with E-state index in [4.69, 9.17) is 0 Å². The van der Waals surface area contributed by atoms with Gasteiger partial charge in [-0.1, -0.05) is 0 Å². The molecule has 8 heteroatoms. The van der Waals surface area contributed by atoms with E-state index in [0.29, 0.717) is 5.69 Å². The summed E-state index contributed by atoms with van der Waals surface area (Å²) >= 11 is 0.